The fraction of sp³-hybridized carbons (Fsp3) is 0.600. The van der Waals surface area contributed by atoms with E-state index in [1.807, 2.05) is 70.6 Å². The third-order valence-corrected chi connectivity index (χ3v) is 9.92. The lowest BCUT2D eigenvalue weighted by Gasteiger charge is -2.28. The van der Waals surface area contributed by atoms with Gasteiger partial charge in [-0.2, -0.15) is 0 Å². The van der Waals surface area contributed by atoms with Crippen LogP contribution in [0.15, 0.2) is 109 Å². The third-order valence-electron chi connectivity index (χ3n) is 8.96. The Morgan fingerprint density at radius 1 is 0.613 bits per heavy atom. The topological polar surface area (TPSA) is 152 Å². The number of hydrogen-bond donors (Lipinski definition) is 2. The lowest BCUT2D eigenvalue weighted by molar-refractivity contribution is -0.870. The maximum absolute atomic E-state index is 12.7. The average molecular weight is 888 g/mol. The summed E-state index contributed by atoms with van der Waals surface area (Å²) in [7, 11) is 1.00. The van der Waals surface area contributed by atoms with Gasteiger partial charge in [-0.1, -0.05) is 155 Å². The standard InChI is InChI=1S/C50H82NO10P/c1-6-8-10-11-12-13-14-15-16-17-18-19-20-21-22-26-34-40-49(54)58-44-48(45-60-62(56,57)59-43-42-51(3,4)5)61-50(55)41-35-27-24-23-25-31-37-47(53)39-33-29-28-32-38-46(52)36-30-9-7-2/h9,15-16,18-19,21-22,24-25,27-33,38-39,46-48,52-53H,6-8,10-14,17,20,23,26,34-37,40-45H2,1-5H3/b16-15-,19-18-,22-21-,27-24-,29-28-,30-9-,31-25-,38-32+,39-33+/t46-,47+,48+/m0/s1. The van der Waals surface area contributed by atoms with Crippen molar-refractivity contribution in [2.24, 2.45) is 0 Å². The molecular weight excluding hydrogens is 806 g/mol. The second kappa shape index (κ2) is 40.4. The molecule has 0 aliphatic heterocycles. The van der Waals surface area contributed by atoms with E-state index in [2.05, 4.69) is 37.3 Å². The van der Waals surface area contributed by atoms with Gasteiger partial charge in [0.2, 0.25) is 0 Å². The van der Waals surface area contributed by atoms with Crippen LogP contribution in [-0.4, -0.2) is 92.5 Å². The third kappa shape index (κ3) is 43.2. The summed E-state index contributed by atoms with van der Waals surface area (Å²) in [6.45, 7) is 3.73. The largest absolute Gasteiger partial charge is 0.756 e. The molecule has 0 bridgehead atoms. The van der Waals surface area contributed by atoms with Gasteiger partial charge >= 0.3 is 11.9 Å². The number of rotatable bonds is 39. The van der Waals surface area contributed by atoms with Crippen LogP contribution in [0.25, 0.3) is 0 Å². The first-order chi connectivity index (χ1) is 29.8. The number of carbonyl (C=O) groups excluding carboxylic acids is 2. The highest BCUT2D eigenvalue weighted by Crippen LogP contribution is 2.38. The number of phosphoric acid groups is 1. The van der Waals surface area contributed by atoms with Gasteiger partial charge < -0.3 is 38.1 Å². The van der Waals surface area contributed by atoms with E-state index in [0.29, 0.717) is 49.6 Å². The van der Waals surface area contributed by atoms with E-state index in [1.165, 1.54) is 38.5 Å². The van der Waals surface area contributed by atoms with E-state index < -0.39 is 44.7 Å². The summed E-state index contributed by atoms with van der Waals surface area (Å²) >= 11 is 0. The lowest BCUT2D eigenvalue weighted by Crippen LogP contribution is -2.37. The Kier molecular flexibility index (Phi) is 38.1. The minimum absolute atomic E-state index is 0.0260. The first-order valence-electron chi connectivity index (χ1n) is 22.8. The fourth-order valence-electron chi connectivity index (χ4n) is 5.34. The van der Waals surface area contributed by atoms with Gasteiger partial charge in [0.05, 0.1) is 40.0 Å². The molecule has 352 valence electrons. The van der Waals surface area contributed by atoms with Crippen molar-refractivity contribution in [2.75, 3.05) is 47.5 Å². The summed E-state index contributed by atoms with van der Waals surface area (Å²) in [5.74, 6) is -1.08. The van der Waals surface area contributed by atoms with E-state index >= 15 is 0 Å². The molecule has 0 fully saturated rings. The number of ether oxygens (including phenoxy) is 2. The van der Waals surface area contributed by atoms with E-state index in [9.17, 15) is 29.3 Å². The molecule has 0 aromatic heterocycles. The molecule has 62 heavy (non-hydrogen) atoms. The van der Waals surface area contributed by atoms with Crippen molar-refractivity contribution in [3.8, 4) is 0 Å². The molecule has 0 heterocycles. The molecule has 11 nitrogen and oxygen atoms in total. The number of hydrogen-bond acceptors (Lipinski definition) is 10. The minimum Gasteiger partial charge on any atom is -0.756 e. The number of aliphatic hydroxyl groups excluding tert-OH is 2. The summed E-state index contributed by atoms with van der Waals surface area (Å²) in [5, 5.41) is 20.0. The Morgan fingerprint density at radius 2 is 1.15 bits per heavy atom. The monoisotopic (exact) mass is 888 g/mol. The molecule has 0 amide bonds. The summed E-state index contributed by atoms with van der Waals surface area (Å²) in [4.78, 5) is 37.5. The van der Waals surface area contributed by atoms with E-state index in [0.717, 1.165) is 25.7 Å². The number of nitrogens with zero attached hydrogens (tertiary/aromatic N) is 1. The average Bonchev–Trinajstić information content (AvgIpc) is 3.21. The molecule has 0 saturated heterocycles. The first kappa shape index (κ1) is 58.6. The molecule has 12 heteroatoms. The number of quaternary nitrogens is 1. The molecular formula is C50H82NO10P. The molecule has 0 spiro atoms. The summed E-state index contributed by atoms with van der Waals surface area (Å²) in [6, 6.07) is 0. The van der Waals surface area contributed by atoms with Crippen molar-refractivity contribution < 1.29 is 52.3 Å². The number of carbonyl (C=O) groups is 2. The molecule has 0 aromatic carbocycles. The van der Waals surface area contributed by atoms with E-state index in [-0.39, 0.29) is 26.1 Å². The minimum atomic E-state index is -4.69. The predicted molar refractivity (Wildman–Crippen MR) is 252 cm³/mol. The zero-order chi connectivity index (χ0) is 46.0. The fourth-order valence-corrected chi connectivity index (χ4v) is 6.07. The molecule has 1 unspecified atom stereocenters. The Hall–Kier alpha value is -3.41. The SMILES string of the molecule is CC/C=C\C[C@H](O)/C=C/C=C\C=C\[C@H](O)C/C=C\C/C=C\CCC(=O)O[C@H](COC(=O)CCC/C=C\C/C=C\C/C=C\CCCCCCCC)COP(=O)([O-])OCC[N+](C)(C)C. The normalized spacial score (nSPS) is 15.5. The summed E-state index contributed by atoms with van der Waals surface area (Å²) in [6.07, 6.45) is 47.8. The van der Waals surface area contributed by atoms with E-state index in [4.69, 9.17) is 18.5 Å². The Bertz CT molecular complexity index is 1450. The van der Waals surface area contributed by atoms with Gasteiger partial charge in [0.25, 0.3) is 7.82 Å². The first-order valence-corrected chi connectivity index (χ1v) is 24.3. The highest BCUT2D eigenvalue weighted by atomic mass is 31.2. The molecule has 0 radical (unpaired) electrons. The van der Waals surface area contributed by atoms with Crippen molar-refractivity contribution in [3.63, 3.8) is 0 Å². The quantitative estimate of drug-likeness (QED) is 0.0152. The van der Waals surface area contributed by atoms with Crippen LogP contribution >= 0.6 is 7.82 Å². The van der Waals surface area contributed by atoms with Gasteiger partial charge in [-0.05, 0) is 70.6 Å². The van der Waals surface area contributed by atoms with Crippen molar-refractivity contribution in [3.05, 3.63) is 109 Å². The number of phosphoric ester groups is 1. The van der Waals surface area contributed by atoms with Crippen LogP contribution in [0, 0.1) is 0 Å². The van der Waals surface area contributed by atoms with Gasteiger partial charge in [0.15, 0.2) is 6.10 Å². The van der Waals surface area contributed by atoms with Crippen LogP contribution < -0.4 is 4.89 Å². The molecule has 0 saturated carbocycles. The molecule has 0 aliphatic rings. The molecule has 0 aliphatic carbocycles. The van der Waals surface area contributed by atoms with Crippen LogP contribution in [0.5, 0.6) is 0 Å². The Morgan fingerprint density at radius 3 is 1.74 bits per heavy atom. The second-order valence-corrected chi connectivity index (χ2v) is 17.5. The Balaban J connectivity index is 4.68. The van der Waals surface area contributed by atoms with Crippen LogP contribution in [0.4, 0.5) is 0 Å². The van der Waals surface area contributed by atoms with Gasteiger partial charge in [0.1, 0.15) is 19.8 Å². The van der Waals surface area contributed by atoms with Gasteiger partial charge in [-0.15, -0.1) is 0 Å². The number of allylic oxidation sites excluding steroid dienone is 14. The van der Waals surface area contributed by atoms with Gasteiger partial charge in [-0.3, -0.25) is 14.2 Å². The number of esters is 2. The van der Waals surface area contributed by atoms with Crippen molar-refractivity contribution >= 4 is 19.8 Å². The molecule has 4 atom stereocenters. The maximum atomic E-state index is 12.7. The van der Waals surface area contributed by atoms with Gasteiger partial charge in [-0.25, -0.2) is 0 Å². The highest BCUT2D eigenvalue weighted by molar-refractivity contribution is 7.45. The Labute approximate surface area is 375 Å². The van der Waals surface area contributed by atoms with Gasteiger partial charge in [0, 0.05) is 12.8 Å². The van der Waals surface area contributed by atoms with E-state index in [1.54, 1.807) is 36.5 Å². The zero-order valence-corrected chi connectivity index (χ0v) is 39.6. The highest BCUT2D eigenvalue weighted by Gasteiger charge is 2.21. The lowest BCUT2D eigenvalue weighted by atomic mass is 10.1. The maximum Gasteiger partial charge on any atom is 0.306 e. The van der Waals surface area contributed by atoms with Crippen molar-refractivity contribution in [1.29, 1.82) is 0 Å². The van der Waals surface area contributed by atoms with Crippen LogP contribution in [0.2, 0.25) is 0 Å². The number of unbranched alkanes of at least 4 members (excludes halogenated alkanes) is 7. The number of likely N-dealkylation sites (N-methyl/N-ethyl adjacent to an activating group) is 1. The summed E-state index contributed by atoms with van der Waals surface area (Å²) in [5.41, 5.74) is 0. The van der Waals surface area contributed by atoms with Crippen LogP contribution in [0.3, 0.4) is 0 Å². The molecule has 2 N–H and O–H groups in total. The zero-order valence-electron chi connectivity index (χ0n) is 38.7. The smallest absolute Gasteiger partial charge is 0.306 e. The van der Waals surface area contributed by atoms with Crippen molar-refractivity contribution in [1.82, 2.24) is 0 Å². The second-order valence-electron chi connectivity index (χ2n) is 16.1. The number of aliphatic hydroxyl groups is 2. The van der Waals surface area contributed by atoms with Crippen molar-refractivity contribution in [2.45, 2.75) is 148 Å². The molecule has 0 rings (SSSR count). The predicted octanol–water partition coefficient (Wildman–Crippen LogP) is 10.4. The molecule has 0 aromatic rings. The summed E-state index contributed by atoms with van der Waals surface area (Å²) < 4.78 is 33.7. The van der Waals surface area contributed by atoms with Crippen LogP contribution in [-0.2, 0) is 32.7 Å². The van der Waals surface area contributed by atoms with Crippen LogP contribution in [0.1, 0.15) is 129 Å².